The number of benzene rings is 2. The monoisotopic (exact) mass is 336 g/mol. The van der Waals surface area contributed by atoms with Gasteiger partial charge in [0.15, 0.2) is 0 Å². The fourth-order valence-corrected chi connectivity index (χ4v) is 3.39. The molecule has 0 N–H and O–H groups in total. The van der Waals surface area contributed by atoms with Crippen LogP contribution in [0.25, 0.3) is 0 Å². The number of para-hydroxylation sites is 1. The van der Waals surface area contributed by atoms with Crippen molar-refractivity contribution in [3.05, 3.63) is 66.2 Å². The van der Waals surface area contributed by atoms with E-state index in [-0.39, 0.29) is 17.7 Å². The molecule has 1 aliphatic heterocycles. The average Bonchev–Trinajstić information content (AvgIpc) is 2.69. The molecule has 1 saturated heterocycles. The highest BCUT2D eigenvalue weighted by Crippen LogP contribution is 2.24. The lowest BCUT2D eigenvalue weighted by Gasteiger charge is -2.34. The number of hydrogen-bond donors (Lipinski definition) is 0. The summed E-state index contributed by atoms with van der Waals surface area (Å²) in [7, 11) is 0. The van der Waals surface area contributed by atoms with Crippen molar-refractivity contribution >= 4 is 17.5 Å². The van der Waals surface area contributed by atoms with Crippen LogP contribution in [0.15, 0.2) is 60.7 Å². The summed E-state index contributed by atoms with van der Waals surface area (Å²) in [5.74, 6) is 0.211. The molecule has 2 aromatic carbocycles. The van der Waals surface area contributed by atoms with E-state index in [4.69, 9.17) is 0 Å². The molecular weight excluding hydrogens is 312 g/mol. The molecule has 3 rings (SSSR count). The topological polar surface area (TPSA) is 40.6 Å². The van der Waals surface area contributed by atoms with Crippen LogP contribution in [0.3, 0.4) is 0 Å². The van der Waals surface area contributed by atoms with Crippen LogP contribution >= 0.6 is 0 Å². The molecule has 2 aromatic rings. The van der Waals surface area contributed by atoms with Crippen LogP contribution in [0.5, 0.6) is 0 Å². The minimum absolute atomic E-state index is 0.0139. The zero-order chi connectivity index (χ0) is 17.6. The molecule has 4 nitrogen and oxygen atoms in total. The minimum Gasteiger partial charge on any atom is -0.339 e. The zero-order valence-corrected chi connectivity index (χ0v) is 14.6. The van der Waals surface area contributed by atoms with E-state index in [2.05, 4.69) is 0 Å². The van der Waals surface area contributed by atoms with Crippen molar-refractivity contribution < 1.29 is 9.59 Å². The highest BCUT2D eigenvalue weighted by Gasteiger charge is 2.30. The van der Waals surface area contributed by atoms with Crippen LogP contribution in [-0.2, 0) is 4.79 Å². The van der Waals surface area contributed by atoms with Gasteiger partial charge in [-0.2, -0.15) is 0 Å². The lowest BCUT2D eigenvalue weighted by atomic mass is 9.94. The Bertz CT molecular complexity index is 707. The van der Waals surface area contributed by atoms with Crippen molar-refractivity contribution in [3.8, 4) is 0 Å². The SMILES string of the molecule is CCN(C(=O)C1CCN(C(=O)c2ccccc2)CC1)c1ccccc1. The first-order valence-corrected chi connectivity index (χ1v) is 8.91. The molecule has 0 aromatic heterocycles. The van der Waals surface area contributed by atoms with E-state index in [0.29, 0.717) is 25.2 Å². The number of piperidine rings is 1. The first-order valence-electron chi connectivity index (χ1n) is 8.91. The molecule has 0 radical (unpaired) electrons. The average molecular weight is 336 g/mol. The molecule has 130 valence electrons. The number of hydrogen-bond acceptors (Lipinski definition) is 2. The van der Waals surface area contributed by atoms with E-state index >= 15 is 0 Å². The second kappa shape index (κ2) is 7.97. The lowest BCUT2D eigenvalue weighted by Crippen LogP contribution is -2.44. The Morgan fingerprint density at radius 2 is 1.52 bits per heavy atom. The number of rotatable bonds is 4. The number of carbonyl (C=O) groups is 2. The van der Waals surface area contributed by atoms with E-state index in [1.807, 2.05) is 77.4 Å². The van der Waals surface area contributed by atoms with E-state index in [0.717, 1.165) is 18.5 Å². The summed E-state index contributed by atoms with van der Waals surface area (Å²) >= 11 is 0. The molecular formula is C21H24N2O2. The van der Waals surface area contributed by atoms with Crippen LogP contribution in [0, 0.1) is 5.92 Å². The maximum absolute atomic E-state index is 12.9. The van der Waals surface area contributed by atoms with Gasteiger partial charge in [-0.05, 0) is 44.0 Å². The number of anilines is 1. The summed E-state index contributed by atoms with van der Waals surface area (Å²) in [4.78, 5) is 29.1. The van der Waals surface area contributed by atoms with Gasteiger partial charge in [-0.15, -0.1) is 0 Å². The fourth-order valence-electron chi connectivity index (χ4n) is 3.39. The first kappa shape index (κ1) is 17.2. The van der Waals surface area contributed by atoms with Crippen LogP contribution < -0.4 is 4.90 Å². The first-order chi connectivity index (χ1) is 12.2. The number of nitrogens with zero attached hydrogens (tertiary/aromatic N) is 2. The summed E-state index contributed by atoms with van der Waals surface area (Å²) in [5, 5.41) is 0. The highest BCUT2D eigenvalue weighted by molar-refractivity contribution is 5.96. The molecule has 0 unspecified atom stereocenters. The van der Waals surface area contributed by atoms with Gasteiger partial charge in [-0.25, -0.2) is 0 Å². The van der Waals surface area contributed by atoms with Gasteiger partial charge in [0.25, 0.3) is 5.91 Å². The Balaban J connectivity index is 1.62. The third kappa shape index (κ3) is 3.90. The van der Waals surface area contributed by atoms with Gasteiger partial charge in [-0.3, -0.25) is 9.59 Å². The fraction of sp³-hybridized carbons (Fsp3) is 0.333. The smallest absolute Gasteiger partial charge is 0.253 e. The lowest BCUT2D eigenvalue weighted by molar-refractivity contribution is -0.123. The number of likely N-dealkylation sites (tertiary alicyclic amines) is 1. The molecule has 0 saturated carbocycles. The number of amides is 2. The van der Waals surface area contributed by atoms with E-state index < -0.39 is 0 Å². The van der Waals surface area contributed by atoms with Crippen LogP contribution in [-0.4, -0.2) is 36.3 Å². The second-order valence-electron chi connectivity index (χ2n) is 6.35. The third-order valence-corrected chi connectivity index (χ3v) is 4.80. The van der Waals surface area contributed by atoms with E-state index in [1.165, 1.54) is 0 Å². The Kier molecular flexibility index (Phi) is 5.49. The van der Waals surface area contributed by atoms with Gasteiger partial charge in [0.1, 0.15) is 0 Å². The number of carbonyl (C=O) groups excluding carboxylic acids is 2. The van der Waals surface area contributed by atoms with Crippen molar-refractivity contribution in [1.82, 2.24) is 4.90 Å². The van der Waals surface area contributed by atoms with Gasteiger partial charge >= 0.3 is 0 Å². The Morgan fingerprint density at radius 3 is 2.08 bits per heavy atom. The van der Waals surface area contributed by atoms with Crippen LogP contribution in [0.4, 0.5) is 5.69 Å². The van der Waals surface area contributed by atoms with Crippen molar-refractivity contribution in [2.24, 2.45) is 5.92 Å². The van der Waals surface area contributed by atoms with Gasteiger partial charge in [0, 0.05) is 36.8 Å². The molecule has 0 aliphatic carbocycles. The minimum atomic E-state index is -0.0139. The van der Waals surface area contributed by atoms with Crippen LogP contribution in [0.2, 0.25) is 0 Å². The van der Waals surface area contributed by atoms with E-state index in [1.54, 1.807) is 0 Å². The van der Waals surface area contributed by atoms with Crippen LogP contribution in [0.1, 0.15) is 30.1 Å². The molecule has 0 bridgehead atoms. The summed E-state index contributed by atoms with van der Waals surface area (Å²) in [6, 6.07) is 19.1. The molecule has 1 fully saturated rings. The molecule has 25 heavy (non-hydrogen) atoms. The molecule has 0 spiro atoms. The predicted octanol–water partition coefficient (Wildman–Crippen LogP) is 3.59. The van der Waals surface area contributed by atoms with Crippen molar-refractivity contribution in [1.29, 1.82) is 0 Å². The molecule has 2 amide bonds. The zero-order valence-electron chi connectivity index (χ0n) is 14.6. The predicted molar refractivity (Wildman–Crippen MR) is 99.5 cm³/mol. The van der Waals surface area contributed by atoms with Crippen molar-refractivity contribution in [3.63, 3.8) is 0 Å². The molecule has 1 heterocycles. The van der Waals surface area contributed by atoms with Gasteiger partial charge < -0.3 is 9.80 Å². The largest absolute Gasteiger partial charge is 0.339 e. The Hall–Kier alpha value is -2.62. The summed E-state index contributed by atoms with van der Waals surface area (Å²) in [6.45, 7) is 3.93. The Labute approximate surface area is 149 Å². The maximum atomic E-state index is 12.9. The molecule has 1 aliphatic rings. The van der Waals surface area contributed by atoms with Crippen molar-refractivity contribution in [2.45, 2.75) is 19.8 Å². The van der Waals surface area contributed by atoms with Crippen molar-refractivity contribution in [2.75, 3.05) is 24.5 Å². The normalized spacial score (nSPS) is 15.0. The second-order valence-corrected chi connectivity index (χ2v) is 6.35. The highest BCUT2D eigenvalue weighted by atomic mass is 16.2. The molecule has 4 heteroatoms. The quantitative estimate of drug-likeness (QED) is 0.856. The van der Waals surface area contributed by atoms with Gasteiger partial charge in [0.05, 0.1) is 0 Å². The third-order valence-electron chi connectivity index (χ3n) is 4.80. The van der Waals surface area contributed by atoms with Gasteiger partial charge in [-0.1, -0.05) is 36.4 Å². The summed E-state index contributed by atoms with van der Waals surface area (Å²) in [6.07, 6.45) is 1.45. The summed E-state index contributed by atoms with van der Waals surface area (Å²) in [5.41, 5.74) is 1.66. The maximum Gasteiger partial charge on any atom is 0.253 e. The Morgan fingerprint density at radius 1 is 0.960 bits per heavy atom. The standard InChI is InChI=1S/C21H24N2O2/c1-2-23(19-11-7-4-8-12-19)21(25)18-13-15-22(16-14-18)20(24)17-9-5-3-6-10-17/h3-12,18H,2,13-16H2,1H3. The summed E-state index contributed by atoms with van der Waals surface area (Å²) < 4.78 is 0. The van der Waals surface area contributed by atoms with Gasteiger partial charge in [0.2, 0.25) is 5.91 Å². The van der Waals surface area contributed by atoms with E-state index in [9.17, 15) is 9.59 Å². The molecule has 0 atom stereocenters.